The van der Waals surface area contributed by atoms with Crippen molar-refractivity contribution >= 4 is 27.2 Å². The van der Waals surface area contributed by atoms with Gasteiger partial charge in [0.05, 0.1) is 16.0 Å². The Bertz CT molecular complexity index is 1370. The van der Waals surface area contributed by atoms with E-state index in [2.05, 4.69) is 4.98 Å². The van der Waals surface area contributed by atoms with Crippen LogP contribution in [0.15, 0.2) is 52.3 Å². The van der Waals surface area contributed by atoms with Gasteiger partial charge in [0.2, 0.25) is 10.0 Å². The lowest BCUT2D eigenvalue weighted by molar-refractivity contribution is -0.138. The van der Waals surface area contributed by atoms with E-state index in [4.69, 9.17) is 5.11 Å². The molecular formula is C20H19F3N4O5S. The van der Waals surface area contributed by atoms with Crippen LogP contribution in [0.1, 0.15) is 24.4 Å². The van der Waals surface area contributed by atoms with Crippen LogP contribution in [0.5, 0.6) is 0 Å². The maximum Gasteiger partial charge on any atom is 0.416 e. The van der Waals surface area contributed by atoms with Crippen molar-refractivity contribution in [1.82, 2.24) is 18.4 Å². The molecule has 0 unspecified atom stereocenters. The molecule has 2 aromatic heterocycles. The van der Waals surface area contributed by atoms with E-state index in [9.17, 15) is 31.2 Å². The Balaban J connectivity index is 1.60. The normalized spacial score (nSPS) is 16.3. The van der Waals surface area contributed by atoms with Crippen molar-refractivity contribution in [2.75, 3.05) is 13.1 Å². The number of pyridine rings is 1. The van der Waals surface area contributed by atoms with E-state index in [1.54, 1.807) is 12.1 Å². The lowest BCUT2D eigenvalue weighted by Crippen LogP contribution is -2.41. The third-order valence-electron chi connectivity index (χ3n) is 5.60. The minimum Gasteiger partial charge on any atom is -0.480 e. The zero-order valence-electron chi connectivity index (χ0n) is 17.1. The molecule has 0 radical (unpaired) electrons. The summed E-state index contributed by atoms with van der Waals surface area (Å²) in [6.07, 6.45) is -2.78. The number of rotatable bonds is 5. The Morgan fingerprint density at radius 3 is 2.48 bits per heavy atom. The predicted octanol–water partition coefficient (Wildman–Crippen LogP) is 2.33. The molecule has 176 valence electrons. The first-order valence-electron chi connectivity index (χ1n) is 9.95. The molecule has 4 rings (SSSR count). The molecule has 0 amide bonds. The van der Waals surface area contributed by atoms with E-state index in [1.807, 2.05) is 0 Å². The number of alkyl halides is 3. The first-order valence-corrected chi connectivity index (χ1v) is 11.4. The topological polar surface area (TPSA) is 114 Å². The standard InChI is InChI=1S/C20H19F3N4O5S/c21-20(22,23)13-3-1-4-15(11-13)33(31,32)25-9-6-14(7-10-25)27-18-16(5-2-8-24-18)26(19(27)30)12-17(28)29/h1-5,8,11,14H,6-7,9-10,12H2,(H,28,29). The van der Waals surface area contributed by atoms with Gasteiger partial charge in [0, 0.05) is 25.3 Å². The second-order valence-corrected chi connectivity index (χ2v) is 9.58. The maximum atomic E-state index is 13.0. The smallest absolute Gasteiger partial charge is 0.416 e. The van der Waals surface area contributed by atoms with Crippen molar-refractivity contribution in [3.63, 3.8) is 0 Å². The number of halogens is 3. The number of carboxylic acid groups (broad SMARTS) is 1. The molecule has 1 saturated heterocycles. The molecule has 33 heavy (non-hydrogen) atoms. The van der Waals surface area contributed by atoms with Gasteiger partial charge in [-0.15, -0.1) is 0 Å². The maximum absolute atomic E-state index is 13.0. The summed E-state index contributed by atoms with van der Waals surface area (Å²) >= 11 is 0. The van der Waals surface area contributed by atoms with Gasteiger partial charge in [-0.1, -0.05) is 6.07 Å². The highest BCUT2D eigenvalue weighted by Gasteiger charge is 2.35. The van der Waals surface area contributed by atoms with E-state index in [1.165, 1.54) is 10.8 Å². The van der Waals surface area contributed by atoms with Crippen LogP contribution in [-0.2, 0) is 27.5 Å². The van der Waals surface area contributed by atoms with E-state index < -0.39 is 50.9 Å². The minimum atomic E-state index is -4.67. The number of sulfonamides is 1. The van der Waals surface area contributed by atoms with Gasteiger partial charge in [-0.25, -0.2) is 18.2 Å². The molecule has 0 aliphatic carbocycles. The van der Waals surface area contributed by atoms with Crippen molar-refractivity contribution in [2.45, 2.75) is 36.5 Å². The molecule has 1 fully saturated rings. The zero-order chi connectivity index (χ0) is 24.0. The number of benzene rings is 1. The van der Waals surface area contributed by atoms with Gasteiger partial charge < -0.3 is 5.11 Å². The van der Waals surface area contributed by atoms with Gasteiger partial charge >= 0.3 is 17.8 Å². The number of aliphatic carboxylic acids is 1. The van der Waals surface area contributed by atoms with Crippen LogP contribution >= 0.6 is 0 Å². The van der Waals surface area contributed by atoms with E-state index >= 15 is 0 Å². The van der Waals surface area contributed by atoms with Crippen molar-refractivity contribution in [3.8, 4) is 0 Å². The van der Waals surface area contributed by atoms with Crippen LogP contribution in [0, 0.1) is 0 Å². The van der Waals surface area contributed by atoms with Gasteiger partial charge in [0.1, 0.15) is 6.54 Å². The highest BCUT2D eigenvalue weighted by atomic mass is 32.2. The van der Waals surface area contributed by atoms with Crippen molar-refractivity contribution in [3.05, 3.63) is 58.6 Å². The summed E-state index contributed by atoms with van der Waals surface area (Å²) in [6, 6.07) is 6.28. The summed E-state index contributed by atoms with van der Waals surface area (Å²) in [6.45, 7) is -0.584. The van der Waals surface area contributed by atoms with Crippen molar-refractivity contribution in [2.24, 2.45) is 0 Å². The number of carbonyl (C=O) groups is 1. The van der Waals surface area contributed by atoms with Crippen LogP contribution in [0.2, 0.25) is 0 Å². The number of hydrogen-bond donors (Lipinski definition) is 1. The van der Waals surface area contributed by atoms with Crippen LogP contribution in [-0.4, -0.2) is 51.0 Å². The summed E-state index contributed by atoms with van der Waals surface area (Å²) in [5.41, 5.74) is -0.973. The molecule has 3 aromatic rings. The number of imidazole rings is 1. The Labute approximate surface area is 185 Å². The summed E-state index contributed by atoms with van der Waals surface area (Å²) in [5.74, 6) is -1.19. The lowest BCUT2D eigenvalue weighted by Gasteiger charge is -2.31. The molecule has 13 heteroatoms. The molecule has 0 bridgehead atoms. The Morgan fingerprint density at radius 2 is 1.85 bits per heavy atom. The average molecular weight is 484 g/mol. The fourth-order valence-electron chi connectivity index (χ4n) is 4.05. The molecule has 1 N–H and O–H groups in total. The quantitative estimate of drug-likeness (QED) is 0.595. The third kappa shape index (κ3) is 4.25. The molecule has 1 aliphatic rings. The minimum absolute atomic E-state index is 0.0197. The molecule has 0 spiro atoms. The van der Waals surface area contributed by atoms with E-state index in [0.29, 0.717) is 17.2 Å². The number of fused-ring (bicyclic) bond motifs is 1. The Hall–Kier alpha value is -3.19. The number of carboxylic acids is 1. The molecule has 3 heterocycles. The van der Waals surface area contributed by atoms with Crippen LogP contribution in [0.4, 0.5) is 13.2 Å². The molecule has 0 atom stereocenters. The second kappa shape index (κ2) is 8.30. The molecule has 1 aliphatic heterocycles. The zero-order valence-corrected chi connectivity index (χ0v) is 17.9. The summed E-state index contributed by atoms with van der Waals surface area (Å²) in [4.78, 5) is 27.9. The van der Waals surface area contributed by atoms with Crippen molar-refractivity contribution in [1.29, 1.82) is 0 Å². The highest BCUT2D eigenvalue weighted by molar-refractivity contribution is 7.89. The monoisotopic (exact) mass is 484 g/mol. The predicted molar refractivity (Wildman–Crippen MR) is 110 cm³/mol. The first kappa shape index (κ1) is 23.0. The number of nitrogens with zero attached hydrogens (tertiary/aromatic N) is 4. The third-order valence-corrected chi connectivity index (χ3v) is 7.50. The molecule has 9 nitrogen and oxygen atoms in total. The lowest BCUT2D eigenvalue weighted by atomic mass is 10.1. The Morgan fingerprint density at radius 1 is 1.15 bits per heavy atom. The van der Waals surface area contributed by atoms with E-state index in [-0.39, 0.29) is 25.9 Å². The number of hydrogen-bond acceptors (Lipinski definition) is 5. The fourth-order valence-corrected chi connectivity index (χ4v) is 5.56. The fraction of sp³-hybridized carbons (Fsp3) is 0.350. The first-order chi connectivity index (χ1) is 15.5. The second-order valence-electron chi connectivity index (χ2n) is 7.64. The number of aromatic nitrogens is 3. The van der Waals surface area contributed by atoms with Gasteiger partial charge in [-0.05, 0) is 43.2 Å². The van der Waals surface area contributed by atoms with Crippen LogP contribution < -0.4 is 5.69 Å². The largest absolute Gasteiger partial charge is 0.480 e. The average Bonchev–Trinajstić information content (AvgIpc) is 3.04. The molecule has 0 saturated carbocycles. The van der Waals surface area contributed by atoms with E-state index in [0.717, 1.165) is 27.1 Å². The summed E-state index contributed by atoms with van der Waals surface area (Å²) in [7, 11) is -4.17. The van der Waals surface area contributed by atoms with Gasteiger partial charge in [-0.2, -0.15) is 17.5 Å². The van der Waals surface area contributed by atoms with Crippen LogP contribution in [0.25, 0.3) is 11.2 Å². The van der Waals surface area contributed by atoms with Gasteiger partial charge in [0.15, 0.2) is 5.65 Å². The molecular weight excluding hydrogens is 465 g/mol. The molecule has 1 aromatic carbocycles. The van der Waals surface area contributed by atoms with Crippen LogP contribution in [0.3, 0.4) is 0 Å². The van der Waals surface area contributed by atoms with Crippen molar-refractivity contribution < 1.29 is 31.5 Å². The van der Waals surface area contributed by atoms with Gasteiger partial charge in [-0.3, -0.25) is 13.9 Å². The summed E-state index contributed by atoms with van der Waals surface area (Å²) in [5, 5.41) is 9.14. The number of piperidine rings is 1. The summed E-state index contributed by atoms with van der Waals surface area (Å²) < 4.78 is 68.4. The SMILES string of the molecule is O=C(O)Cn1c(=O)n(C2CCN(S(=O)(=O)c3cccc(C(F)(F)F)c3)CC2)c2ncccc21. The highest BCUT2D eigenvalue weighted by Crippen LogP contribution is 2.32. The Kier molecular flexibility index (Phi) is 5.78. The van der Waals surface area contributed by atoms with Gasteiger partial charge in [0.25, 0.3) is 0 Å².